The van der Waals surface area contributed by atoms with Crippen LogP contribution in [0.1, 0.15) is 12.5 Å². The Kier molecular flexibility index (Phi) is 6.20. The van der Waals surface area contributed by atoms with Crippen LogP contribution in [0, 0.1) is 6.92 Å². The zero-order valence-corrected chi connectivity index (χ0v) is 14.5. The van der Waals surface area contributed by atoms with Crippen LogP contribution in [0.15, 0.2) is 18.2 Å². The average molecular weight is 311 g/mol. The molecule has 0 aliphatic rings. The molecule has 0 bridgehead atoms. The summed E-state index contributed by atoms with van der Waals surface area (Å²) in [4.78, 5) is 15.9. The van der Waals surface area contributed by atoms with E-state index in [4.69, 9.17) is 0 Å². The van der Waals surface area contributed by atoms with Gasteiger partial charge in [-0.2, -0.15) is 0 Å². The van der Waals surface area contributed by atoms with Crippen molar-refractivity contribution in [2.45, 2.75) is 19.9 Å². The van der Waals surface area contributed by atoms with Crippen LogP contribution in [0.25, 0.3) is 0 Å². The molecule has 2 atom stereocenters. The molecular formula is C15H25N3O2S. The molecule has 1 aromatic rings. The first-order valence-corrected chi connectivity index (χ1v) is 8.57. The van der Waals surface area contributed by atoms with Crippen molar-refractivity contribution in [3.63, 3.8) is 0 Å². The van der Waals surface area contributed by atoms with E-state index in [1.54, 1.807) is 18.2 Å². The molecule has 21 heavy (non-hydrogen) atoms. The Morgan fingerprint density at radius 1 is 1.33 bits per heavy atom. The van der Waals surface area contributed by atoms with Gasteiger partial charge in [-0.25, -0.2) is 4.79 Å². The van der Waals surface area contributed by atoms with Crippen molar-refractivity contribution in [2.75, 3.05) is 43.4 Å². The van der Waals surface area contributed by atoms with Gasteiger partial charge in [-0.3, -0.25) is 4.21 Å². The number of hydrogen-bond acceptors (Lipinski definition) is 3. The number of amides is 2. The maximum Gasteiger partial charge on any atom is 0.321 e. The first-order valence-electron chi connectivity index (χ1n) is 6.84. The van der Waals surface area contributed by atoms with E-state index < -0.39 is 10.8 Å². The lowest BCUT2D eigenvalue weighted by Crippen LogP contribution is -2.41. The highest BCUT2D eigenvalue weighted by molar-refractivity contribution is 7.84. The van der Waals surface area contributed by atoms with Gasteiger partial charge in [0.1, 0.15) is 0 Å². The molecule has 0 aliphatic heterocycles. The fourth-order valence-corrected chi connectivity index (χ4v) is 3.00. The summed E-state index contributed by atoms with van der Waals surface area (Å²) in [7, 11) is 4.74. The first kappa shape index (κ1) is 17.5. The molecule has 1 N–H and O–H groups in total. The molecule has 0 saturated carbocycles. The van der Waals surface area contributed by atoms with Crippen LogP contribution in [-0.4, -0.2) is 54.3 Å². The van der Waals surface area contributed by atoms with Crippen LogP contribution in [0.4, 0.5) is 16.2 Å². The Morgan fingerprint density at radius 3 is 2.48 bits per heavy atom. The monoisotopic (exact) mass is 311 g/mol. The minimum atomic E-state index is -0.922. The number of hydrogen-bond donors (Lipinski definition) is 1. The molecule has 1 rings (SSSR count). The van der Waals surface area contributed by atoms with E-state index in [1.165, 1.54) is 0 Å². The first-order chi connectivity index (χ1) is 9.73. The van der Waals surface area contributed by atoms with Crippen LogP contribution in [0.2, 0.25) is 0 Å². The van der Waals surface area contributed by atoms with Gasteiger partial charge in [0.15, 0.2) is 0 Å². The molecule has 0 saturated heterocycles. The molecule has 0 fully saturated rings. The summed E-state index contributed by atoms with van der Waals surface area (Å²) < 4.78 is 11.3. The summed E-state index contributed by atoms with van der Waals surface area (Å²) in [5.41, 5.74) is 2.89. The summed E-state index contributed by atoms with van der Waals surface area (Å²) in [6.45, 7) is 3.87. The summed E-state index contributed by atoms with van der Waals surface area (Å²) in [6, 6.07) is 5.55. The van der Waals surface area contributed by atoms with Gasteiger partial charge in [0, 0.05) is 61.4 Å². The van der Waals surface area contributed by atoms with Crippen molar-refractivity contribution in [1.82, 2.24) is 4.90 Å². The maximum atomic E-state index is 12.3. The van der Waals surface area contributed by atoms with Crippen LogP contribution >= 0.6 is 0 Å². The highest BCUT2D eigenvalue weighted by Crippen LogP contribution is 2.25. The van der Waals surface area contributed by atoms with E-state index in [9.17, 15) is 9.00 Å². The third-order valence-electron chi connectivity index (χ3n) is 3.49. The minimum Gasteiger partial charge on any atom is -0.377 e. The van der Waals surface area contributed by atoms with Crippen molar-refractivity contribution in [2.24, 2.45) is 0 Å². The number of urea groups is 1. The second-order valence-electron chi connectivity index (χ2n) is 5.47. The molecule has 5 nitrogen and oxygen atoms in total. The Hall–Kier alpha value is -1.56. The molecule has 0 radical (unpaired) electrons. The minimum absolute atomic E-state index is 0.0758. The van der Waals surface area contributed by atoms with Gasteiger partial charge >= 0.3 is 6.03 Å². The highest BCUT2D eigenvalue weighted by atomic mass is 32.2. The van der Waals surface area contributed by atoms with Gasteiger partial charge < -0.3 is 15.1 Å². The molecule has 0 heterocycles. The zero-order valence-electron chi connectivity index (χ0n) is 13.6. The predicted molar refractivity (Wildman–Crippen MR) is 90.7 cm³/mol. The number of nitrogens with zero attached hydrogens (tertiary/aromatic N) is 2. The Labute approximate surface area is 129 Å². The van der Waals surface area contributed by atoms with Crippen molar-refractivity contribution in [3.8, 4) is 0 Å². The van der Waals surface area contributed by atoms with Gasteiger partial charge in [0.2, 0.25) is 0 Å². The number of rotatable bonds is 5. The second kappa shape index (κ2) is 7.45. The van der Waals surface area contributed by atoms with Gasteiger partial charge in [-0.15, -0.1) is 0 Å². The van der Waals surface area contributed by atoms with Crippen LogP contribution < -0.4 is 10.2 Å². The van der Waals surface area contributed by atoms with Crippen molar-refractivity contribution < 1.29 is 9.00 Å². The SMILES string of the molecule is Cc1c(NC(=O)N(C)[C@H](C)C[S@@](C)=O)cccc1N(C)C. The lowest BCUT2D eigenvalue weighted by molar-refractivity contribution is 0.212. The van der Waals surface area contributed by atoms with E-state index >= 15 is 0 Å². The second-order valence-corrected chi connectivity index (χ2v) is 6.95. The normalized spacial score (nSPS) is 13.4. The maximum absolute atomic E-state index is 12.3. The van der Waals surface area contributed by atoms with Gasteiger partial charge in [-0.1, -0.05) is 6.07 Å². The van der Waals surface area contributed by atoms with Crippen LogP contribution in [0.3, 0.4) is 0 Å². The number of benzene rings is 1. The summed E-state index contributed by atoms with van der Waals surface area (Å²) >= 11 is 0. The molecular weight excluding hydrogens is 286 g/mol. The average Bonchev–Trinajstić information content (AvgIpc) is 2.38. The largest absolute Gasteiger partial charge is 0.377 e. The molecule has 0 aromatic heterocycles. The molecule has 118 valence electrons. The quantitative estimate of drug-likeness (QED) is 0.908. The van der Waals surface area contributed by atoms with Crippen molar-refractivity contribution in [1.29, 1.82) is 0 Å². The lowest BCUT2D eigenvalue weighted by atomic mass is 10.1. The third-order valence-corrected chi connectivity index (χ3v) is 4.44. The van der Waals surface area contributed by atoms with Crippen LogP contribution in [0.5, 0.6) is 0 Å². The van der Waals surface area contributed by atoms with E-state index in [-0.39, 0.29) is 12.1 Å². The van der Waals surface area contributed by atoms with E-state index in [2.05, 4.69) is 5.32 Å². The Bertz CT molecular complexity index is 532. The molecule has 2 amide bonds. The Balaban J connectivity index is 2.84. The van der Waals surface area contributed by atoms with E-state index in [0.29, 0.717) is 5.75 Å². The van der Waals surface area contributed by atoms with Gasteiger partial charge in [0.25, 0.3) is 0 Å². The molecule has 6 heteroatoms. The van der Waals surface area contributed by atoms with E-state index in [1.807, 2.05) is 51.0 Å². The lowest BCUT2D eigenvalue weighted by Gasteiger charge is -2.25. The standard InChI is InChI=1S/C15H25N3O2S/c1-11(10-21(6)20)18(5)15(19)16-13-8-7-9-14(12(13)2)17(3)4/h7-9,11H,10H2,1-6H3,(H,16,19)/t11-,21-/m1/s1. The molecule has 0 spiro atoms. The number of carbonyl (C=O) groups excluding carboxylic acids is 1. The van der Waals surface area contributed by atoms with E-state index in [0.717, 1.165) is 16.9 Å². The van der Waals surface area contributed by atoms with Crippen LogP contribution in [-0.2, 0) is 10.8 Å². The van der Waals surface area contributed by atoms with Gasteiger partial charge in [0.05, 0.1) is 0 Å². The number of nitrogens with one attached hydrogen (secondary N) is 1. The molecule has 0 aliphatic carbocycles. The third kappa shape index (κ3) is 4.74. The Morgan fingerprint density at radius 2 is 1.95 bits per heavy atom. The zero-order chi connectivity index (χ0) is 16.2. The number of carbonyl (C=O) groups is 1. The predicted octanol–water partition coefficient (Wildman–Crippen LogP) is 2.29. The fourth-order valence-electron chi connectivity index (χ4n) is 2.10. The summed E-state index contributed by atoms with van der Waals surface area (Å²) in [5, 5.41) is 2.92. The van der Waals surface area contributed by atoms with Gasteiger partial charge in [-0.05, 0) is 31.5 Å². The van der Waals surface area contributed by atoms with Crippen molar-refractivity contribution in [3.05, 3.63) is 23.8 Å². The molecule has 0 unspecified atom stereocenters. The van der Waals surface area contributed by atoms with Crippen molar-refractivity contribution >= 4 is 28.2 Å². The smallest absolute Gasteiger partial charge is 0.321 e. The number of anilines is 2. The molecule has 1 aromatic carbocycles. The summed E-state index contributed by atoms with van der Waals surface area (Å²) in [5.74, 6) is 0.473. The highest BCUT2D eigenvalue weighted by Gasteiger charge is 2.18. The fraction of sp³-hybridized carbons (Fsp3) is 0.533. The topological polar surface area (TPSA) is 52.7 Å². The summed E-state index contributed by atoms with van der Waals surface area (Å²) in [6.07, 6.45) is 1.65.